The highest BCUT2D eigenvalue weighted by atomic mass is 35.5. The summed E-state index contributed by atoms with van der Waals surface area (Å²) < 4.78 is 42.9. The van der Waals surface area contributed by atoms with Gasteiger partial charge < -0.3 is 30.7 Å². The van der Waals surface area contributed by atoms with Crippen molar-refractivity contribution in [2.75, 3.05) is 42.8 Å². The largest absolute Gasteiger partial charge is 0.465 e. The lowest BCUT2D eigenvalue weighted by molar-refractivity contribution is -0.154. The quantitative estimate of drug-likeness (QED) is 0.108. The van der Waals surface area contributed by atoms with Crippen molar-refractivity contribution in [3.8, 4) is 6.01 Å². The zero-order valence-corrected chi connectivity index (χ0v) is 25.5. The van der Waals surface area contributed by atoms with Crippen molar-refractivity contribution in [2.24, 2.45) is 0 Å². The Balaban J connectivity index is 1.88. The molecule has 15 heteroatoms. The van der Waals surface area contributed by atoms with Crippen molar-refractivity contribution in [2.45, 2.75) is 77.4 Å². The number of halogens is 4. The molecule has 0 bridgehead atoms. The van der Waals surface area contributed by atoms with E-state index in [2.05, 4.69) is 30.9 Å². The fraction of sp³-hybridized carbons (Fsp3) is 0.607. The van der Waals surface area contributed by atoms with Gasteiger partial charge in [0, 0.05) is 42.3 Å². The molecule has 0 saturated heterocycles. The van der Waals surface area contributed by atoms with Gasteiger partial charge in [-0.1, -0.05) is 25.7 Å². The van der Waals surface area contributed by atoms with Gasteiger partial charge in [-0.25, -0.2) is 4.79 Å². The number of hydrogen-bond acceptors (Lipinski definition) is 8. The number of alkyl halides is 4. The number of rotatable bonds is 18. The van der Waals surface area contributed by atoms with Crippen LogP contribution in [0.5, 0.6) is 6.01 Å². The molecule has 0 aliphatic heterocycles. The van der Waals surface area contributed by atoms with Crippen LogP contribution in [0.15, 0.2) is 24.3 Å². The number of carboxylic acid groups (broad SMARTS) is 1. The highest BCUT2D eigenvalue weighted by Gasteiger charge is 2.29. The summed E-state index contributed by atoms with van der Waals surface area (Å²) in [6, 6.07) is 5.93. The standard InChI is InChI=1S/C28H41ClF3N7O4/c1-27(2,3)39(26(41)42)18-9-7-5-4-6-8-16-34-23-36-24(38-25(37-23)43-19-28(30,31)32)35-21-13-11-20(12-14-21)22(40)33-17-10-15-29/h11-14H,4-10,15-19H2,1-3H3,(H,33,40)(H,41,42)(H2,34,35,36,37,38). The van der Waals surface area contributed by atoms with Gasteiger partial charge in [-0.2, -0.15) is 28.1 Å². The van der Waals surface area contributed by atoms with E-state index in [0.29, 0.717) is 43.2 Å². The Bertz CT molecular complexity index is 1150. The maximum atomic E-state index is 12.7. The number of benzene rings is 1. The van der Waals surface area contributed by atoms with Crippen molar-refractivity contribution >= 4 is 41.2 Å². The minimum Gasteiger partial charge on any atom is -0.465 e. The number of ether oxygens (including phenoxy) is 1. The average molecular weight is 632 g/mol. The average Bonchev–Trinajstić information content (AvgIpc) is 2.92. The van der Waals surface area contributed by atoms with Gasteiger partial charge in [0.1, 0.15) is 0 Å². The molecule has 0 aliphatic carbocycles. The van der Waals surface area contributed by atoms with Crippen LogP contribution in [-0.2, 0) is 0 Å². The van der Waals surface area contributed by atoms with Crippen molar-refractivity contribution in [1.29, 1.82) is 0 Å². The first kappa shape index (κ1) is 35.6. The number of amides is 2. The minimum atomic E-state index is -4.56. The van der Waals surface area contributed by atoms with E-state index >= 15 is 0 Å². The molecule has 4 N–H and O–H groups in total. The molecule has 1 aromatic carbocycles. The van der Waals surface area contributed by atoms with Gasteiger partial charge >= 0.3 is 18.3 Å². The maximum absolute atomic E-state index is 12.7. The van der Waals surface area contributed by atoms with Crippen LogP contribution >= 0.6 is 11.6 Å². The molecule has 0 aliphatic rings. The molecule has 2 rings (SSSR count). The molecule has 1 aromatic heterocycles. The fourth-order valence-electron chi connectivity index (χ4n) is 3.93. The SMILES string of the molecule is CC(C)(C)N(CCCCCCCCNc1nc(Nc2ccc(C(=O)NCCCCl)cc2)nc(OCC(F)(F)F)n1)C(=O)O. The number of aromatic nitrogens is 3. The van der Waals surface area contributed by atoms with Crippen LogP contribution < -0.4 is 20.7 Å². The van der Waals surface area contributed by atoms with Gasteiger partial charge in [-0.05, 0) is 64.3 Å². The molecule has 43 heavy (non-hydrogen) atoms. The van der Waals surface area contributed by atoms with Gasteiger partial charge in [-0.3, -0.25) is 4.79 Å². The highest BCUT2D eigenvalue weighted by Crippen LogP contribution is 2.21. The van der Waals surface area contributed by atoms with Crippen molar-refractivity contribution in [1.82, 2.24) is 25.2 Å². The first-order chi connectivity index (χ1) is 20.3. The molecule has 0 fully saturated rings. The fourth-order valence-corrected chi connectivity index (χ4v) is 4.06. The monoisotopic (exact) mass is 631 g/mol. The zero-order chi connectivity index (χ0) is 31.9. The Kier molecular flexibility index (Phi) is 14.5. The second-order valence-corrected chi connectivity index (χ2v) is 11.2. The first-order valence-electron chi connectivity index (χ1n) is 14.2. The Morgan fingerprint density at radius 1 is 0.907 bits per heavy atom. The topological polar surface area (TPSA) is 142 Å². The Morgan fingerprint density at radius 3 is 2.14 bits per heavy atom. The van der Waals surface area contributed by atoms with Crippen LogP contribution in [0.25, 0.3) is 0 Å². The smallest absolute Gasteiger partial charge is 0.422 e. The lowest BCUT2D eigenvalue weighted by Crippen LogP contribution is -2.45. The molecule has 0 saturated carbocycles. The Hall–Kier alpha value is -3.55. The van der Waals surface area contributed by atoms with E-state index in [-0.39, 0.29) is 17.8 Å². The molecule has 0 atom stereocenters. The molecule has 1 heterocycles. The molecule has 2 amide bonds. The van der Waals surface area contributed by atoms with Crippen LogP contribution in [-0.4, -0.2) is 80.8 Å². The summed E-state index contributed by atoms with van der Waals surface area (Å²) >= 11 is 5.62. The van der Waals surface area contributed by atoms with E-state index in [4.69, 9.17) is 16.3 Å². The van der Waals surface area contributed by atoms with Gasteiger partial charge in [-0.15, -0.1) is 11.6 Å². The van der Waals surface area contributed by atoms with E-state index in [0.717, 1.165) is 38.5 Å². The Labute approximate surface area is 255 Å². The zero-order valence-electron chi connectivity index (χ0n) is 24.8. The third-order valence-corrected chi connectivity index (χ3v) is 6.38. The Morgan fingerprint density at radius 2 is 1.53 bits per heavy atom. The van der Waals surface area contributed by atoms with Crippen LogP contribution in [0, 0.1) is 0 Å². The summed E-state index contributed by atoms with van der Waals surface area (Å²) in [5.41, 5.74) is 0.497. The van der Waals surface area contributed by atoms with Gasteiger partial charge in [0.25, 0.3) is 5.91 Å². The molecule has 240 valence electrons. The van der Waals surface area contributed by atoms with Crippen LogP contribution in [0.3, 0.4) is 0 Å². The number of hydrogen-bond donors (Lipinski definition) is 4. The van der Waals surface area contributed by atoms with E-state index in [1.54, 1.807) is 24.3 Å². The summed E-state index contributed by atoms with van der Waals surface area (Å²) in [4.78, 5) is 37.2. The number of nitrogens with one attached hydrogen (secondary N) is 3. The van der Waals surface area contributed by atoms with E-state index < -0.39 is 30.4 Å². The second-order valence-electron chi connectivity index (χ2n) is 10.8. The summed E-state index contributed by atoms with van der Waals surface area (Å²) in [7, 11) is 0. The predicted molar refractivity (Wildman–Crippen MR) is 159 cm³/mol. The van der Waals surface area contributed by atoms with Crippen molar-refractivity contribution in [3.63, 3.8) is 0 Å². The number of carbonyl (C=O) groups excluding carboxylic acids is 1. The third kappa shape index (κ3) is 14.5. The summed E-state index contributed by atoms with van der Waals surface area (Å²) in [6.07, 6.45) is 0.442. The number of carbonyl (C=O) groups is 2. The summed E-state index contributed by atoms with van der Waals surface area (Å²) in [6.45, 7) is 5.48. The van der Waals surface area contributed by atoms with E-state index in [1.165, 1.54) is 4.90 Å². The lowest BCUT2D eigenvalue weighted by atomic mass is 10.1. The number of nitrogens with zero attached hydrogens (tertiary/aromatic N) is 4. The van der Waals surface area contributed by atoms with Gasteiger partial charge in [0.15, 0.2) is 6.61 Å². The summed E-state index contributed by atoms with van der Waals surface area (Å²) in [5, 5.41) is 18.0. The molecular weight excluding hydrogens is 591 g/mol. The van der Waals surface area contributed by atoms with Crippen LogP contribution in [0.4, 0.5) is 35.5 Å². The summed E-state index contributed by atoms with van der Waals surface area (Å²) in [5.74, 6) is 0.215. The lowest BCUT2D eigenvalue weighted by Gasteiger charge is -2.33. The second kappa shape index (κ2) is 17.5. The predicted octanol–water partition coefficient (Wildman–Crippen LogP) is 6.45. The normalized spacial score (nSPS) is 11.6. The molecule has 11 nitrogen and oxygen atoms in total. The molecule has 0 radical (unpaired) electrons. The molecule has 0 spiro atoms. The number of anilines is 3. The van der Waals surface area contributed by atoms with Gasteiger partial charge in [0.05, 0.1) is 0 Å². The van der Waals surface area contributed by atoms with Crippen LogP contribution in [0.2, 0.25) is 0 Å². The first-order valence-corrected chi connectivity index (χ1v) is 14.7. The number of unbranched alkanes of at least 4 members (excludes halogenated alkanes) is 5. The third-order valence-electron chi connectivity index (χ3n) is 6.11. The van der Waals surface area contributed by atoms with Gasteiger partial charge in [0.2, 0.25) is 11.9 Å². The van der Waals surface area contributed by atoms with Crippen molar-refractivity contribution in [3.05, 3.63) is 29.8 Å². The minimum absolute atomic E-state index is 0.0281. The molecular formula is C28H41ClF3N7O4. The van der Waals surface area contributed by atoms with Crippen LogP contribution in [0.1, 0.15) is 76.1 Å². The molecule has 2 aromatic rings. The highest BCUT2D eigenvalue weighted by molar-refractivity contribution is 6.17. The van der Waals surface area contributed by atoms with E-state index in [9.17, 15) is 27.9 Å². The van der Waals surface area contributed by atoms with Crippen molar-refractivity contribution < 1.29 is 32.6 Å². The van der Waals surface area contributed by atoms with E-state index in [1.807, 2.05) is 20.8 Å². The molecule has 0 unspecified atom stereocenters. The maximum Gasteiger partial charge on any atom is 0.422 e.